The van der Waals surface area contributed by atoms with Crippen LogP contribution >= 0.6 is 23.2 Å². The maximum Gasteiger partial charge on any atom is 0.237 e. The molecule has 0 radical (unpaired) electrons. The van der Waals surface area contributed by atoms with E-state index in [2.05, 4.69) is 25.5 Å². The van der Waals surface area contributed by atoms with E-state index in [0.717, 1.165) is 49.2 Å². The van der Waals surface area contributed by atoms with Gasteiger partial charge in [0.25, 0.3) is 0 Å². The third-order valence-electron chi connectivity index (χ3n) is 8.35. The van der Waals surface area contributed by atoms with Gasteiger partial charge in [0.1, 0.15) is 18.1 Å². The summed E-state index contributed by atoms with van der Waals surface area (Å²) in [6.45, 7) is 3.45. The lowest BCUT2D eigenvalue weighted by Gasteiger charge is -2.16. The SMILES string of the molecule is COc1nc(-c2cccc(-c3cccc(-c4cnc(CNCN5CCOC5)c(OC)n4)c3Cl)c2Cl)cnc1CCC[C@@H]1CCC(=O)N1. The molecule has 0 bridgehead atoms. The van der Waals surface area contributed by atoms with Crippen LogP contribution in [-0.2, 0) is 22.5 Å². The summed E-state index contributed by atoms with van der Waals surface area (Å²) in [5, 5.41) is 7.36. The van der Waals surface area contributed by atoms with Gasteiger partial charge in [0.2, 0.25) is 17.7 Å². The van der Waals surface area contributed by atoms with Crippen LogP contribution in [0.25, 0.3) is 33.6 Å². The van der Waals surface area contributed by atoms with E-state index in [1.807, 2.05) is 36.4 Å². The summed E-state index contributed by atoms with van der Waals surface area (Å²) < 4.78 is 16.6. The summed E-state index contributed by atoms with van der Waals surface area (Å²) in [4.78, 5) is 32.5. The van der Waals surface area contributed by atoms with Crippen LogP contribution < -0.4 is 20.1 Å². The minimum atomic E-state index is 0.125. The van der Waals surface area contributed by atoms with Crippen LogP contribution in [0.2, 0.25) is 10.0 Å². The molecular formula is C34H37Cl2N7O4. The Morgan fingerprint density at radius 2 is 1.55 bits per heavy atom. The molecule has 1 atom stereocenters. The monoisotopic (exact) mass is 677 g/mol. The zero-order valence-electron chi connectivity index (χ0n) is 26.4. The number of hydrogen-bond acceptors (Lipinski definition) is 10. The maximum absolute atomic E-state index is 11.5. The second-order valence-corrected chi connectivity index (χ2v) is 12.2. The molecule has 0 aliphatic carbocycles. The first-order valence-electron chi connectivity index (χ1n) is 15.6. The van der Waals surface area contributed by atoms with E-state index >= 15 is 0 Å². The van der Waals surface area contributed by atoms with Crippen LogP contribution in [0.1, 0.15) is 37.1 Å². The third kappa shape index (κ3) is 7.66. The summed E-state index contributed by atoms with van der Waals surface area (Å²) in [6, 6.07) is 11.7. The van der Waals surface area contributed by atoms with Crippen molar-refractivity contribution in [1.82, 2.24) is 35.5 Å². The molecule has 4 aromatic rings. The van der Waals surface area contributed by atoms with E-state index in [1.54, 1.807) is 26.6 Å². The number of ether oxygens (including phenoxy) is 3. The lowest BCUT2D eigenvalue weighted by atomic mass is 9.98. The molecular weight excluding hydrogens is 641 g/mol. The number of benzene rings is 2. The fraction of sp³-hybridized carbons (Fsp3) is 0.382. The van der Waals surface area contributed by atoms with E-state index in [4.69, 9.17) is 47.4 Å². The van der Waals surface area contributed by atoms with Gasteiger partial charge < -0.3 is 19.5 Å². The topological polar surface area (TPSA) is 124 Å². The molecule has 13 heteroatoms. The average molecular weight is 679 g/mol. The summed E-state index contributed by atoms with van der Waals surface area (Å²) in [7, 11) is 3.17. The highest BCUT2D eigenvalue weighted by atomic mass is 35.5. The number of rotatable bonds is 13. The fourth-order valence-electron chi connectivity index (χ4n) is 5.87. The molecule has 2 fully saturated rings. The minimum Gasteiger partial charge on any atom is -0.480 e. The molecule has 2 N–H and O–H groups in total. The highest BCUT2D eigenvalue weighted by Gasteiger charge is 2.22. The van der Waals surface area contributed by atoms with E-state index in [0.29, 0.717) is 82.8 Å². The number of aryl methyl sites for hydroxylation is 1. The van der Waals surface area contributed by atoms with Gasteiger partial charge in [-0.15, -0.1) is 0 Å². The molecule has 246 valence electrons. The highest BCUT2D eigenvalue weighted by Crippen LogP contribution is 2.42. The van der Waals surface area contributed by atoms with Crippen molar-refractivity contribution in [3.8, 4) is 45.4 Å². The predicted octanol–water partition coefficient (Wildman–Crippen LogP) is 5.53. The van der Waals surface area contributed by atoms with Gasteiger partial charge in [-0.2, -0.15) is 0 Å². The highest BCUT2D eigenvalue weighted by molar-refractivity contribution is 6.39. The van der Waals surface area contributed by atoms with Crippen molar-refractivity contribution in [2.24, 2.45) is 0 Å². The predicted molar refractivity (Wildman–Crippen MR) is 180 cm³/mol. The van der Waals surface area contributed by atoms with Crippen LogP contribution in [0.4, 0.5) is 0 Å². The van der Waals surface area contributed by atoms with Crippen LogP contribution in [0.15, 0.2) is 48.8 Å². The third-order valence-corrected chi connectivity index (χ3v) is 9.17. The van der Waals surface area contributed by atoms with E-state index in [1.165, 1.54) is 0 Å². The molecule has 2 aliphatic heterocycles. The first-order valence-corrected chi connectivity index (χ1v) is 16.4. The average Bonchev–Trinajstić information content (AvgIpc) is 3.77. The summed E-state index contributed by atoms with van der Waals surface area (Å²) in [6.07, 6.45) is 7.35. The second-order valence-electron chi connectivity index (χ2n) is 11.5. The smallest absolute Gasteiger partial charge is 0.237 e. The number of hydrogen-bond donors (Lipinski definition) is 2. The Morgan fingerprint density at radius 3 is 2.13 bits per heavy atom. The zero-order chi connectivity index (χ0) is 32.8. The Kier molecular flexibility index (Phi) is 10.8. The van der Waals surface area contributed by atoms with Gasteiger partial charge in [0, 0.05) is 47.8 Å². The van der Waals surface area contributed by atoms with Gasteiger partial charge in [0.05, 0.1) is 61.3 Å². The Labute approximate surface area is 284 Å². The van der Waals surface area contributed by atoms with Crippen molar-refractivity contribution >= 4 is 29.1 Å². The van der Waals surface area contributed by atoms with Crippen molar-refractivity contribution in [3.05, 3.63) is 70.2 Å². The quantitative estimate of drug-likeness (QED) is 0.187. The molecule has 2 aromatic carbocycles. The Bertz CT molecular complexity index is 1740. The van der Waals surface area contributed by atoms with Crippen molar-refractivity contribution in [2.75, 3.05) is 40.8 Å². The van der Waals surface area contributed by atoms with Crippen molar-refractivity contribution in [1.29, 1.82) is 0 Å². The van der Waals surface area contributed by atoms with Gasteiger partial charge in [0.15, 0.2) is 0 Å². The largest absolute Gasteiger partial charge is 0.480 e. The molecule has 11 nitrogen and oxygen atoms in total. The maximum atomic E-state index is 11.5. The van der Waals surface area contributed by atoms with Gasteiger partial charge in [-0.25, -0.2) is 9.97 Å². The first-order chi connectivity index (χ1) is 22.9. The number of halogens is 2. The number of nitrogens with zero attached hydrogens (tertiary/aromatic N) is 5. The number of methoxy groups -OCH3 is 2. The lowest BCUT2D eigenvalue weighted by molar-refractivity contribution is -0.119. The van der Waals surface area contributed by atoms with E-state index in [9.17, 15) is 4.79 Å². The van der Waals surface area contributed by atoms with Gasteiger partial charge in [-0.05, 0) is 25.7 Å². The van der Waals surface area contributed by atoms with Crippen LogP contribution in [0.3, 0.4) is 0 Å². The molecule has 0 saturated carbocycles. The minimum absolute atomic E-state index is 0.125. The number of carbonyl (C=O) groups is 1. The van der Waals surface area contributed by atoms with Crippen LogP contribution in [-0.4, -0.2) is 77.6 Å². The van der Waals surface area contributed by atoms with Crippen LogP contribution in [0.5, 0.6) is 11.8 Å². The molecule has 0 spiro atoms. The molecule has 2 aliphatic rings. The summed E-state index contributed by atoms with van der Waals surface area (Å²) >= 11 is 14.1. The van der Waals surface area contributed by atoms with Crippen molar-refractivity contribution in [3.63, 3.8) is 0 Å². The normalized spacial score (nSPS) is 16.4. The lowest BCUT2D eigenvalue weighted by Crippen LogP contribution is -2.32. The number of aromatic nitrogens is 4. The standard InChI is InChI=1S/C34H37Cl2N7O4/c1-45-33-26(11-3-6-21-12-13-30(44)40-21)38-17-27(41-33)24-9-4-7-22(31(24)35)23-8-5-10-25(32(23)36)28-18-39-29(34(42-28)46-2)16-37-19-43-14-15-47-20-43/h4-5,7-10,17-18,21,37H,3,6,11-16,19-20H2,1-2H3,(H,40,44)/t21-/m1/s1. The van der Waals surface area contributed by atoms with E-state index < -0.39 is 0 Å². The van der Waals surface area contributed by atoms with Crippen molar-refractivity contribution < 1.29 is 19.0 Å². The van der Waals surface area contributed by atoms with Gasteiger partial charge in [-0.3, -0.25) is 25.0 Å². The first kappa shape index (κ1) is 33.0. The molecule has 6 rings (SSSR count). The zero-order valence-corrected chi connectivity index (χ0v) is 27.9. The second kappa shape index (κ2) is 15.4. The molecule has 4 heterocycles. The number of nitrogens with one attached hydrogen (secondary N) is 2. The molecule has 2 aromatic heterocycles. The fourth-order valence-corrected chi connectivity index (χ4v) is 6.52. The molecule has 0 unspecified atom stereocenters. The van der Waals surface area contributed by atoms with Crippen LogP contribution in [0, 0.1) is 0 Å². The Hall–Kier alpha value is -3.87. The summed E-state index contributed by atoms with van der Waals surface area (Å²) in [5.41, 5.74) is 5.53. The molecule has 1 amide bonds. The van der Waals surface area contributed by atoms with E-state index in [-0.39, 0.29) is 11.9 Å². The van der Waals surface area contributed by atoms with Crippen molar-refractivity contribution in [2.45, 2.75) is 44.7 Å². The Morgan fingerprint density at radius 1 is 0.936 bits per heavy atom. The summed E-state index contributed by atoms with van der Waals surface area (Å²) in [5.74, 6) is 1.01. The molecule has 2 saturated heterocycles. The number of carbonyl (C=O) groups excluding carboxylic acids is 1. The number of amides is 1. The molecule has 47 heavy (non-hydrogen) atoms. The van der Waals surface area contributed by atoms with Gasteiger partial charge >= 0.3 is 0 Å². The Balaban J connectivity index is 1.21. The van der Waals surface area contributed by atoms with Gasteiger partial charge in [-0.1, -0.05) is 59.6 Å².